The van der Waals surface area contributed by atoms with Crippen molar-refractivity contribution in [3.63, 3.8) is 0 Å². The summed E-state index contributed by atoms with van der Waals surface area (Å²) in [7, 11) is 0. The lowest BCUT2D eigenvalue weighted by Gasteiger charge is -2.39. The molecule has 0 bridgehead atoms. The van der Waals surface area contributed by atoms with Gasteiger partial charge >= 0.3 is 5.97 Å². The average Bonchev–Trinajstić information content (AvgIpc) is 2.73. The number of ketones is 1. The Morgan fingerprint density at radius 1 is 1.13 bits per heavy atom. The van der Waals surface area contributed by atoms with Crippen LogP contribution in [0.5, 0.6) is 0 Å². The van der Waals surface area contributed by atoms with Crippen molar-refractivity contribution < 1.29 is 14.3 Å². The molecule has 31 heavy (non-hydrogen) atoms. The lowest BCUT2D eigenvalue weighted by atomic mass is 9.69. The summed E-state index contributed by atoms with van der Waals surface area (Å²) >= 11 is 0. The highest BCUT2D eigenvalue weighted by Gasteiger charge is 2.43. The molecule has 2 heterocycles. The standard InChI is InChI=1S/C26H28N2O3/c1-17-22(25(30)31-14-12-18-9-5-4-6-10-18)24(19-11-7-8-13-27-19)23-20(28-17)15-26(2,3)16-21(23)29/h4-11,13,24,28H,12,14-16H2,1-3H3/t24-/m0/s1. The molecule has 1 aromatic carbocycles. The minimum Gasteiger partial charge on any atom is -0.462 e. The number of dihydropyridines is 1. The van der Waals surface area contributed by atoms with Gasteiger partial charge in [-0.1, -0.05) is 50.2 Å². The zero-order chi connectivity index (χ0) is 22.0. The van der Waals surface area contributed by atoms with E-state index in [2.05, 4.69) is 24.1 Å². The van der Waals surface area contributed by atoms with Crippen molar-refractivity contribution in [1.82, 2.24) is 10.3 Å². The Kier molecular flexibility index (Phi) is 5.77. The number of hydrogen-bond acceptors (Lipinski definition) is 5. The molecule has 0 fully saturated rings. The van der Waals surface area contributed by atoms with E-state index in [1.54, 1.807) is 6.20 Å². The maximum absolute atomic E-state index is 13.2. The molecule has 2 aromatic rings. The molecule has 2 aliphatic rings. The number of ether oxygens (including phenoxy) is 1. The maximum atomic E-state index is 13.2. The van der Waals surface area contributed by atoms with Gasteiger partial charge in [-0.2, -0.15) is 0 Å². The van der Waals surface area contributed by atoms with Gasteiger partial charge in [0, 0.05) is 36.0 Å². The van der Waals surface area contributed by atoms with Crippen LogP contribution in [-0.4, -0.2) is 23.3 Å². The van der Waals surface area contributed by atoms with Crippen molar-refractivity contribution in [1.29, 1.82) is 0 Å². The van der Waals surface area contributed by atoms with Crippen molar-refractivity contribution in [2.75, 3.05) is 6.61 Å². The predicted octanol–water partition coefficient (Wildman–Crippen LogP) is 4.47. The second kappa shape index (κ2) is 8.50. The van der Waals surface area contributed by atoms with Crippen LogP contribution in [0.4, 0.5) is 0 Å². The minimum absolute atomic E-state index is 0.0662. The minimum atomic E-state index is -0.509. The second-order valence-electron chi connectivity index (χ2n) is 9.06. The Bertz CT molecular complexity index is 1050. The first-order valence-corrected chi connectivity index (χ1v) is 10.7. The molecule has 0 spiro atoms. The SMILES string of the molecule is CC1=C(C(=O)OCCc2ccccc2)[C@H](c2ccccn2)C2=C(CC(C)(C)CC2=O)N1. The number of pyridine rings is 1. The summed E-state index contributed by atoms with van der Waals surface area (Å²) in [5, 5.41) is 3.35. The quantitative estimate of drug-likeness (QED) is 0.729. The topological polar surface area (TPSA) is 68.3 Å². The van der Waals surface area contributed by atoms with Crippen LogP contribution in [0.15, 0.2) is 77.3 Å². The number of allylic oxidation sites excluding steroid dienone is 3. The number of Topliss-reactive ketones (excluding diaryl/α,β-unsaturated/α-hetero) is 1. The molecule has 1 aromatic heterocycles. The van der Waals surface area contributed by atoms with Gasteiger partial charge in [-0.15, -0.1) is 0 Å². The molecule has 5 heteroatoms. The maximum Gasteiger partial charge on any atom is 0.336 e. The highest BCUT2D eigenvalue weighted by Crippen LogP contribution is 2.46. The lowest BCUT2D eigenvalue weighted by molar-refractivity contribution is -0.139. The molecule has 5 nitrogen and oxygen atoms in total. The number of hydrogen-bond donors (Lipinski definition) is 1. The van der Waals surface area contributed by atoms with Crippen molar-refractivity contribution in [2.45, 2.75) is 46.0 Å². The third-order valence-corrected chi connectivity index (χ3v) is 5.91. The normalized spacial score (nSPS) is 20.2. The molecule has 0 radical (unpaired) electrons. The number of carbonyl (C=O) groups excluding carboxylic acids is 2. The first kappa shape index (κ1) is 21.0. The molecule has 0 unspecified atom stereocenters. The summed E-state index contributed by atoms with van der Waals surface area (Å²) in [6.07, 6.45) is 3.54. The summed E-state index contributed by atoms with van der Waals surface area (Å²) in [4.78, 5) is 30.9. The Labute approximate surface area is 183 Å². The van der Waals surface area contributed by atoms with Gasteiger partial charge in [0.15, 0.2) is 5.78 Å². The van der Waals surface area contributed by atoms with E-state index in [0.717, 1.165) is 23.4 Å². The summed E-state index contributed by atoms with van der Waals surface area (Å²) in [5.41, 5.74) is 4.43. The van der Waals surface area contributed by atoms with E-state index in [1.165, 1.54) is 0 Å². The van der Waals surface area contributed by atoms with Crippen LogP contribution in [0.25, 0.3) is 0 Å². The molecule has 1 aliphatic carbocycles. The molecule has 0 saturated carbocycles. The molecular weight excluding hydrogens is 388 g/mol. The van der Waals surface area contributed by atoms with E-state index in [-0.39, 0.29) is 17.8 Å². The van der Waals surface area contributed by atoms with Gasteiger partial charge in [-0.3, -0.25) is 9.78 Å². The van der Waals surface area contributed by atoms with Crippen LogP contribution in [0.3, 0.4) is 0 Å². The van der Waals surface area contributed by atoms with Crippen molar-refractivity contribution >= 4 is 11.8 Å². The molecular formula is C26H28N2O3. The Hall–Kier alpha value is -3.21. The van der Waals surface area contributed by atoms with Gasteiger partial charge in [0.05, 0.1) is 23.8 Å². The molecule has 0 saturated heterocycles. The summed E-state index contributed by atoms with van der Waals surface area (Å²) in [6, 6.07) is 15.5. The molecule has 4 rings (SSSR count). The fourth-order valence-electron chi connectivity index (χ4n) is 4.53. The monoisotopic (exact) mass is 416 g/mol. The van der Waals surface area contributed by atoms with Gasteiger partial charge < -0.3 is 10.1 Å². The van der Waals surface area contributed by atoms with Gasteiger partial charge in [0.2, 0.25) is 0 Å². The zero-order valence-corrected chi connectivity index (χ0v) is 18.3. The fourth-order valence-corrected chi connectivity index (χ4v) is 4.53. The largest absolute Gasteiger partial charge is 0.462 e. The van der Waals surface area contributed by atoms with E-state index < -0.39 is 11.9 Å². The highest BCUT2D eigenvalue weighted by molar-refractivity contribution is 6.04. The van der Waals surface area contributed by atoms with Crippen LogP contribution in [0.2, 0.25) is 0 Å². The van der Waals surface area contributed by atoms with Gasteiger partial charge in [0.1, 0.15) is 0 Å². The number of rotatable bonds is 5. The Balaban J connectivity index is 1.64. The van der Waals surface area contributed by atoms with Crippen LogP contribution >= 0.6 is 0 Å². The number of benzene rings is 1. The Morgan fingerprint density at radius 3 is 2.58 bits per heavy atom. The van der Waals surface area contributed by atoms with Crippen LogP contribution in [0.1, 0.15) is 50.8 Å². The number of aromatic nitrogens is 1. The van der Waals surface area contributed by atoms with Crippen molar-refractivity contribution in [3.05, 3.63) is 88.5 Å². The number of carbonyl (C=O) groups is 2. The van der Waals surface area contributed by atoms with Gasteiger partial charge in [-0.25, -0.2) is 4.79 Å². The fraction of sp³-hybridized carbons (Fsp3) is 0.346. The van der Waals surface area contributed by atoms with Crippen molar-refractivity contribution in [2.24, 2.45) is 5.41 Å². The van der Waals surface area contributed by atoms with Gasteiger partial charge in [0.25, 0.3) is 0 Å². The lowest BCUT2D eigenvalue weighted by Crippen LogP contribution is -2.39. The van der Waals surface area contributed by atoms with Crippen LogP contribution in [-0.2, 0) is 20.7 Å². The molecule has 0 amide bonds. The summed E-state index contributed by atoms with van der Waals surface area (Å²) < 4.78 is 5.67. The number of nitrogens with one attached hydrogen (secondary N) is 1. The average molecular weight is 417 g/mol. The van der Waals surface area contributed by atoms with Crippen LogP contribution in [0, 0.1) is 5.41 Å². The molecule has 1 aliphatic heterocycles. The first-order chi connectivity index (χ1) is 14.9. The van der Waals surface area contributed by atoms with Crippen LogP contribution < -0.4 is 5.32 Å². The first-order valence-electron chi connectivity index (χ1n) is 10.7. The van der Waals surface area contributed by atoms with E-state index in [9.17, 15) is 9.59 Å². The van der Waals surface area contributed by atoms with E-state index in [0.29, 0.717) is 29.7 Å². The number of esters is 1. The summed E-state index contributed by atoms with van der Waals surface area (Å²) in [5.74, 6) is -0.845. The third kappa shape index (κ3) is 4.46. The van der Waals surface area contributed by atoms with Gasteiger partial charge in [-0.05, 0) is 36.5 Å². The molecule has 1 N–H and O–H groups in total. The van der Waals surface area contributed by atoms with Crippen molar-refractivity contribution in [3.8, 4) is 0 Å². The Morgan fingerprint density at radius 2 is 1.87 bits per heavy atom. The highest BCUT2D eigenvalue weighted by atomic mass is 16.5. The molecule has 160 valence electrons. The number of nitrogens with zero attached hydrogens (tertiary/aromatic N) is 1. The third-order valence-electron chi connectivity index (χ3n) is 5.91. The van der Waals surface area contributed by atoms with E-state index >= 15 is 0 Å². The second-order valence-corrected chi connectivity index (χ2v) is 9.06. The smallest absolute Gasteiger partial charge is 0.336 e. The summed E-state index contributed by atoms with van der Waals surface area (Å²) in [6.45, 7) is 6.35. The van der Waals surface area contributed by atoms with E-state index in [1.807, 2.05) is 55.5 Å². The molecule has 1 atom stereocenters. The zero-order valence-electron chi connectivity index (χ0n) is 18.3. The predicted molar refractivity (Wildman–Crippen MR) is 119 cm³/mol. The van der Waals surface area contributed by atoms with E-state index in [4.69, 9.17) is 4.74 Å².